The normalized spacial score (nSPS) is 14.1. The van der Waals surface area contributed by atoms with Crippen LogP contribution in [0.1, 0.15) is 13.8 Å². The fourth-order valence-electron chi connectivity index (χ4n) is 0.840. The summed E-state index contributed by atoms with van der Waals surface area (Å²) in [7, 11) is 1.55. The van der Waals surface area contributed by atoms with Gasteiger partial charge in [0.15, 0.2) is 0 Å². The SMILES string of the molecule is COCCNC(=O)C(C)NC(=O)[C@H](C)N. The fourth-order valence-corrected chi connectivity index (χ4v) is 0.840. The van der Waals surface area contributed by atoms with Gasteiger partial charge in [-0.3, -0.25) is 9.59 Å². The van der Waals surface area contributed by atoms with Crippen LogP contribution in [0.25, 0.3) is 0 Å². The molecule has 0 aliphatic heterocycles. The Morgan fingerprint density at radius 3 is 2.40 bits per heavy atom. The van der Waals surface area contributed by atoms with Crippen molar-refractivity contribution in [1.29, 1.82) is 0 Å². The van der Waals surface area contributed by atoms with E-state index in [1.165, 1.54) is 0 Å². The van der Waals surface area contributed by atoms with Crippen LogP contribution in [0.15, 0.2) is 0 Å². The minimum absolute atomic E-state index is 0.249. The Hall–Kier alpha value is -1.14. The van der Waals surface area contributed by atoms with E-state index < -0.39 is 12.1 Å². The molecule has 6 heteroatoms. The zero-order valence-corrected chi connectivity index (χ0v) is 9.37. The highest BCUT2D eigenvalue weighted by Crippen LogP contribution is 1.84. The Kier molecular flexibility index (Phi) is 6.64. The Morgan fingerprint density at radius 1 is 1.33 bits per heavy atom. The lowest BCUT2D eigenvalue weighted by Gasteiger charge is -2.15. The summed E-state index contributed by atoms with van der Waals surface area (Å²) < 4.78 is 4.77. The molecule has 0 bridgehead atoms. The molecule has 15 heavy (non-hydrogen) atoms. The zero-order chi connectivity index (χ0) is 11.8. The van der Waals surface area contributed by atoms with Gasteiger partial charge in [-0.2, -0.15) is 0 Å². The molecule has 0 aromatic heterocycles. The highest BCUT2D eigenvalue weighted by molar-refractivity contribution is 5.89. The van der Waals surface area contributed by atoms with Crippen molar-refractivity contribution in [1.82, 2.24) is 10.6 Å². The standard InChI is InChI=1S/C9H19N3O3/c1-6(10)8(13)12-7(2)9(14)11-4-5-15-3/h6-7H,4-5,10H2,1-3H3,(H,11,14)(H,12,13)/t6-,7?/m0/s1. The van der Waals surface area contributed by atoms with Crippen molar-refractivity contribution >= 4 is 11.8 Å². The third-order valence-corrected chi connectivity index (χ3v) is 1.77. The maximum atomic E-state index is 11.4. The van der Waals surface area contributed by atoms with Crippen LogP contribution in [-0.2, 0) is 14.3 Å². The van der Waals surface area contributed by atoms with Gasteiger partial charge >= 0.3 is 0 Å². The summed E-state index contributed by atoms with van der Waals surface area (Å²) in [5.41, 5.74) is 5.34. The Bertz CT molecular complexity index is 219. The van der Waals surface area contributed by atoms with Gasteiger partial charge in [-0.25, -0.2) is 0 Å². The highest BCUT2D eigenvalue weighted by Gasteiger charge is 2.16. The number of nitrogens with one attached hydrogen (secondary N) is 2. The van der Waals surface area contributed by atoms with Crippen molar-refractivity contribution in [3.8, 4) is 0 Å². The maximum Gasteiger partial charge on any atom is 0.242 e. The van der Waals surface area contributed by atoms with Gasteiger partial charge in [-0.05, 0) is 13.8 Å². The molecule has 0 aliphatic carbocycles. The highest BCUT2D eigenvalue weighted by atomic mass is 16.5. The molecule has 2 amide bonds. The number of hydrogen-bond acceptors (Lipinski definition) is 4. The fraction of sp³-hybridized carbons (Fsp3) is 0.778. The van der Waals surface area contributed by atoms with Crippen LogP contribution in [0.3, 0.4) is 0 Å². The molecule has 88 valence electrons. The first kappa shape index (κ1) is 13.9. The van der Waals surface area contributed by atoms with Crippen molar-refractivity contribution in [2.75, 3.05) is 20.3 Å². The predicted octanol–water partition coefficient (Wildman–Crippen LogP) is -1.40. The Morgan fingerprint density at radius 2 is 1.93 bits per heavy atom. The van der Waals surface area contributed by atoms with E-state index in [1.807, 2.05) is 0 Å². The minimum Gasteiger partial charge on any atom is -0.383 e. The number of carbonyl (C=O) groups is 2. The second kappa shape index (κ2) is 7.19. The number of rotatable bonds is 6. The molecule has 0 fully saturated rings. The quantitative estimate of drug-likeness (QED) is 0.477. The first-order valence-corrected chi connectivity index (χ1v) is 4.81. The van der Waals surface area contributed by atoms with Gasteiger partial charge in [0.2, 0.25) is 11.8 Å². The molecule has 6 nitrogen and oxygen atoms in total. The molecule has 0 saturated heterocycles. The van der Waals surface area contributed by atoms with E-state index in [4.69, 9.17) is 10.5 Å². The summed E-state index contributed by atoms with van der Waals surface area (Å²) in [4.78, 5) is 22.5. The molecular weight excluding hydrogens is 198 g/mol. The predicted molar refractivity (Wildman–Crippen MR) is 56.1 cm³/mol. The van der Waals surface area contributed by atoms with Crippen molar-refractivity contribution < 1.29 is 14.3 Å². The van der Waals surface area contributed by atoms with Crippen molar-refractivity contribution in [2.24, 2.45) is 5.73 Å². The van der Waals surface area contributed by atoms with Gasteiger partial charge in [0.1, 0.15) is 6.04 Å². The van der Waals surface area contributed by atoms with Gasteiger partial charge < -0.3 is 21.1 Å². The van der Waals surface area contributed by atoms with Crippen LogP contribution in [0.4, 0.5) is 0 Å². The van der Waals surface area contributed by atoms with E-state index in [2.05, 4.69) is 10.6 Å². The number of ether oxygens (including phenoxy) is 1. The van der Waals surface area contributed by atoms with Gasteiger partial charge in [-0.15, -0.1) is 0 Å². The third-order valence-electron chi connectivity index (χ3n) is 1.77. The minimum atomic E-state index is -0.612. The molecule has 4 N–H and O–H groups in total. The van der Waals surface area contributed by atoms with E-state index in [0.29, 0.717) is 13.2 Å². The van der Waals surface area contributed by atoms with Crippen LogP contribution >= 0.6 is 0 Å². The molecule has 0 aromatic rings. The van der Waals surface area contributed by atoms with Crippen LogP contribution in [0.5, 0.6) is 0 Å². The lowest BCUT2D eigenvalue weighted by Crippen LogP contribution is -2.49. The molecule has 0 aliphatic rings. The lowest BCUT2D eigenvalue weighted by molar-refractivity contribution is -0.129. The molecule has 0 spiro atoms. The Labute approximate surface area is 89.5 Å². The molecule has 2 atom stereocenters. The zero-order valence-electron chi connectivity index (χ0n) is 9.37. The van der Waals surface area contributed by atoms with Crippen LogP contribution in [0, 0.1) is 0 Å². The molecule has 0 radical (unpaired) electrons. The van der Waals surface area contributed by atoms with E-state index >= 15 is 0 Å². The Balaban J connectivity index is 3.83. The second-order valence-electron chi connectivity index (χ2n) is 3.30. The summed E-state index contributed by atoms with van der Waals surface area (Å²) in [5.74, 6) is -0.592. The monoisotopic (exact) mass is 217 g/mol. The summed E-state index contributed by atoms with van der Waals surface area (Å²) in [6.45, 7) is 4.03. The van der Waals surface area contributed by atoms with Crippen molar-refractivity contribution in [3.63, 3.8) is 0 Å². The number of methoxy groups -OCH3 is 1. The van der Waals surface area contributed by atoms with Crippen LogP contribution in [-0.4, -0.2) is 44.2 Å². The maximum absolute atomic E-state index is 11.4. The van der Waals surface area contributed by atoms with E-state index in [0.717, 1.165) is 0 Å². The number of amides is 2. The molecular formula is C9H19N3O3. The molecule has 0 aromatic carbocycles. The first-order valence-electron chi connectivity index (χ1n) is 4.81. The second-order valence-corrected chi connectivity index (χ2v) is 3.30. The van der Waals surface area contributed by atoms with E-state index in [9.17, 15) is 9.59 Å². The third kappa shape index (κ3) is 6.03. The average Bonchev–Trinajstić information content (AvgIpc) is 2.17. The summed E-state index contributed by atoms with van der Waals surface area (Å²) in [6.07, 6.45) is 0. The molecule has 0 heterocycles. The molecule has 0 rings (SSSR count). The summed E-state index contributed by atoms with van der Waals surface area (Å²) in [5, 5.41) is 5.10. The van der Waals surface area contributed by atoms with Crippen LogP contribution in [0.2, 0.25) is 0 Å². The summed E-state index contributed by atoms with van der Waals surface area (Å²) >= 11 is 0. The summed E-state index contributed by atoms with van der Waals surface area (Å²) in [6, 6.07) is -1.19. The van der Waals surface area contributed by atoms with Gasteiger partial charge in [0.05, 0.1) is 12.6 Å². The molecule has 0 saturated carbocycles. The van der Waals surface area contributed by atoms with Crippen molar-refractivity contribution in [3.05, 3.63) is 0 Å². The topological polar surface area (TPSA) is 93.5 Å². The smallest absolute Gasteiger partial charge is 0.242 e. The number of carbonyl (C=O) groups excluding carboxylic acids is 2. The van der Waals surface area contributed by atoms with Gasteiger partial charge in [0, 0.05) is 13.7 Å². The van der Waals surface area contributed by atoms with Gasteiger partial charge in [0.25, 0.3) is 0 Å². The van der Waals surface area contributed by atoms with Crippen molar-refractivity contribution in [2.45, 2.75) is 25.9 Å². The number of nitrogens with two attached hydrogens (primary N) is 1. The van der Waals surface area contributed by atoms with E-state index in [-0.39, 0.29) is 11.8 Å². The molecule has 1 unspecified atom stereocenters. The average molecular weight is 217 g/mol. The van der Waals surface area contributed by atoms with Crippen LogP contribution < -0.4 is 16.4 Å². The number of hydrogen-bond donors (Lipinski definition) is 3. The van der Waals surface area contributed by atoms with E-state index in [1.54, 1.807) is 21.0 Å². The lowest BCUT2D eigenvalue weighted by atomic mass is 10.2. The van der Waals surface area contributed by atoms with Gasteiger partial charge in [-0.1, -0.05) is 0 Å². The first-order chi connectivity index (χ1) is 6.99. The largest absolute Gasteiger partial charge is 0.383 e.